The number of nitrogens with zero attached hydrogens (tertiary/aromatic N) is 2. The van der Waals surface area contributed by atoms with Crippen molar-refractivity contribution in [1.29, 1.82) is 0 Å². The summed E-state index contributed by atoms with van der Waals surface area (Å²) in [6.07, 6.45) is 4.63. The number of carboxylic acid groups (broad SMARTS) is 1. The van der Waals surface area contributed by atoms with E-state index in [9.17, 15) is 14.7 Å². The van der Waals surface area contributed by atoms with Crippen LogP contribution < -0.4 is 20.4 Å². The number of carbonyl (C=O) groups is 1. The average molecular weight is 433 g/mol. The van der Waals surface area contributed by atoms with Crippen LogP contribution in [0, 0.1) is 5.82 Å². The molecule has 1 aliphatic heterocycles. The van der Waals surface area contributed by atoms with E-state index in [0.717, 1.165) is 31.7 Å². The molecule has 31 heavy (non-hydrogen) atoms. The van der Waals surface area contributed by atoms with E-state index in [2.05, 4.69) is 5.32 Å². The van der Waals surface area contributed by atoms with Gasteiger partial charge < -0.3 is 29.4 Å². The van der Waals surface area contributed by atoms with E-state index in [1.54, 1.807) is 11.7 Å². The predicted molar refractivity (Wildman–Crippen MR) is 115 cm³/mol. The van der Waals surface area contributed by atoms with Gasteiger partial charge in [-0.1, -0.05) is 0 Å². The number of pyridine rings is 1. The minimum absolute atomic E-state index is 0.0332. The van der Waals surface area contributed by atoms with Crippen molar-refractivity contribution in [2.45, 2.75) is 37.3 Å². The first-order valence-corrected chi connectivity index (χ1v) is 10.5. The zero-order valence-electron chi connectivity index (χ0n) is 18.0. The Morgan fingerprint density at radius 1 is 1.32 bits per heavy atom. The molecule has 1 aromatic carbocycles. The van der Waals surface area contributed by atoms with Crippen molar-refractivity contribution in [3.63, 3.8) is 0 Å². The Bertz CT molecular complexity index is 1070. The molecule has 1 aliphatic carbocycles. The van der Waals surface area contributed by atoms with Crippen LogP contribution in [0.2, 0.25) is 0 Å². The number of carboxylic acids is 1. The summed E-state index contributed by atoms with van der Waals surface area (Å²) < 4.78 is 28.2. The fraction of sp³-hybridized carbons (Fsp3) is 0.545. The summed E-state index contributed by atoms with van der Waals surface area (Å²) in [5.74, 6) is -1.63. The lowest BCUT2D eigenvalue weighted by atomic mass is 9.88. The second-order valence-corrected chi connectivity index (χ2v) is 8.40. The van der Waals surface area contributed by atoms with Crippen molar-refractivity contribution >= 4 is 22.6 Å². The van der Waals surface area contributed by atoms with Gasteiger partial charge in [-0.15, -0.1) is 0 Å². The molecule has 4 rings (SSSR count). The molecule has 0 amide bonds. The molecule has 0 atom stereocenters. The molecule has 2 fully saturated rings. The lowest BCUT2D eigenvalue weighted by Crippen LogP contribution is -2.55. The molecule has 0 spiro atoms. The van der Waals surface area contributed by atoms with E-state index in [1.165, 1.54) is 13.3 Å². The lowest BCUT2D eigenvalue weighted by molar-refractivity contribution is 0.0695. The minimum atomic E-state index is -1.32. The molecule has 1 saturated carbocycles. The monoisotopic (exact) mass is 433 g/mol. The highest BCUT2D eigenvalue weighted by Crippen LogP contribution is 2.44. The van der Waals surface area contributed by atoms with Gasteiger partial charge in [-0.25, -0.2) is 9.18 Å². The maximum absolute atomic E-state index is 15.4. The van der Waals surface area contributed by atoms with Crippen LogP contribution in [0.1, 0.15) is 42.1 Å². The first-order chi connectivity index (χ1) is 14.9. The zero-order chi connectivity index (χ0) is 22.3. The number of rotatable bonds is 7. The van der Waals surface area contributed by atoms with Crippen molar-refractivity contribution in [2.24, 2.45) is 0 Å². The van der Waals surface area contributed by atoms with Crippen molar-refractivity contribution < 1.29 is 23.8 Å². The Kier molecular flexibility index (Phi) is 5.65. The fourth-order valence-electron chi connectivity index (χ4n) is 4.63. The fourth-order valence-corrected chi connectivity index (χ4v) is 4.63. The van der Waals surface area contributed by atoms with Gasteiger partial charge in [0, 0.05) is 38.0 Å². The topological polar surface area (TPSA) is 93.0 Å². The van der Waals surface area contributed by atoms with Crippen molar-refractivity contribution in [1.82, 2.24) is 9.88 Å². The molecular formula is C22H28FN3O5. The highest BCUT2D eigenvalue weighted by molar-refractivity contribution is 5.97. The molecule has 2 N–H and O–H groups in total. The number of anilines is 1. The summed E-state index contributed by atoms with van der Waals surface area (Å²) in [6, 6.07) is 1.24. The van der Waals surface area contributed by atoms with Gasteiger partial charge in [0.25, 0.3) is 0 Å². The van der Waals surface area contributed by atoms with Crippen LogP contribution in [0.4, 0.5) is 10.1 Å². The molecule has 2 aromatic rings. The number of halogens is 1. The number of ether oxygens (including phenoxy) is 2. The molecule has 9 heteroatoms. The Hall–Kier alpha value is -2.65. The van der Waals surface area contributed by atoms with Crippen LogP contribution in [0.3, 0.4) is 0 Å². The molecule has 1 saturated heterocycles. The SMILES string of the molecule is CNC1(COC)CCN(c2c(F)cc3c(=O)c(C(=O)O)cn(C4CC4)c3c2OC)CC1. The molecule has 1 aromatic heterocycles. The van der Waals surface area contributed by atoms with Crippen LogP contribution in [-0.2, 0) is 4.74 Å². The van der Waals surface area contributed by atoms with Crippen molar-refractivity contribution in [3.05, 3.63) is 33.9 Å². The maximum Gasteiger partial charge on any atom is 0.341 e. The number of hydrogen-bond acceptors (Lipinski definition) is 6. The molecule has 0 radical (unpaired) electrons. The summed E-state index contributed by atoms with van der Waals surface area (Å²) in [7, 11) is 5.03. The number of piperidine rings is 1. The number of fused-ring (bicyclic) bond motifs is 1. The highest BCUT2D eigenvalue weighted by Gasteiger charge is 2.36. The van der Waals surface area contributed by atoms with Gasteiger partial charge >= 0.3 is 5.97 Å². The second kappa shape index (κ2) is 8.12. The van der Waals surface area contributed by atoms with E-state index in [0.29, 0.717) is 30.9 Å². The Morgan fingerprint density at radius 3 is 2.52 bits per heavy atom. The molecule has 2 heterocycles. The average Bonchev–Trinajstić information content (AvgIpc) is 3.59. The van der Waals surface area contributed by atoms with Gasteiger partial charge in [-0.05, 0) is 38.8 Å². The number of aromatic carboxylic acids is 1. The van der Waals surface area contributed by atoms with Crippen LogP contribution >= 0.6 is 0 Å². The van der Waals surface area contributed by atoms with Gasteiger partial charge in [0.2, 0.25) is 5.43 Å². The Morgan fingerprint density at radius 2 is 2.00 bits per heavy atom. The van der Waals surface area contributed by atoms with E-state index in [4.69, 9.17) is 9.47 Å². The Labute approximate surface area is 179 Å². The molecular weight excluding hydrogens is 405 g/mol. The lowest BCUT2D eigenvalue weighted by Gasteiger charge is -2.42. The van der Waals surface area contributed by atoms with Crippen molar-refractivity contribution in [2.75, 3.05) is 45.9 Å². The number of benzene rings is 1. The minimum Gasteiger partial charge on any atom is -0.492 e. The summed E-state index contributed by atoms with van der Waals surface area (Å²) in [6.45, 7) is 1.74. The van der Waals surface area contributed by atoms with Crippen LogP contribution in [0.5, 0.6) is 5.75 Å². The quantitative estimate of drug-likeness (QED) is 0.693. The number of nitrogens with one attached hydrogen (secondary N) is 1. The van der Waals surface area contributed by atoms with E-state index < -0.39 is 17.2 Å². The second-order valence-electron chi connectivity index (χ2n) is 8.40. The van der Waals surface area contributed by atoms with Crippen LogP contribution in [0.25, 0.3) is 10.9 Å². The first kappa shape index (κ1) is 21.6. The third-order valence-corrected chi connectivity index (χ3v) is 6.56. The van der Waals surface area contributed by atoms with Gasteiger partial charge in [0.15, 0.2) is 11.6 Å². The van der Waals surface area contributed by atoms with Crippen LogP contribution in [-0.4, -0.2) is 62.1 Å². The summed E-state index contributed by atoms with van der Waals surface area (Å²) >= 11 is 0. The number of likely N-dealkylation sites (N-methyl/N-ethyl adjacent to an activating group) is 1. The normalized spacial score (nSPS) is 18.4. The summed E-state index contributed by atoms with van der Waals surface area (Å²) in [5.41, 5.74) is -0.452. The Balaban J connectivity index is 1.85. The summed E-state index contributed by atoms with van der Waals surface area (Å²) in [4.78, 5) is 26.3. The third kappa shape index (κ3) is 3.65. The molecule has 0 bridgehead atoms. The van der Waals surface area contributed by atoms with Gasteiger partial charge in [0.1, 0.15) is 11.3 Å². The third-order valence-electron chi connectivity index (χ3n) is 6.56. The molecule has 0 unspecified atom stereocenters. The van der Waals surface area contributed by atoms with Crippen LogP contribution in [0.15, 0.2) is 17.1 Å². The van der Waals surface area contributed by atoms with Crippen molar-refractivity contribution in [3.8, 4) is 5.75 Å². The maximum atomic E-state index is 15.4. The van der Waals surface area contributed by atoms with E-state index in [1.807, 2.05) is 11.9 Å². The number of aromatic nitrogens is 1. The van der Waals surface area contributed by atoms with Gasteiger partial charge in [-0.3, -0.25) is 4.79 Å². The largest absolute Gasteiger partial charge is 0.492 e. The zero-order valence-corrected chi connectivity index (χ0v) is 18.0. The first-order valence-electron chi connectivity index (χ1n) is 10.5. The van der Waals surface area contributed by atoms with E-state index >= 15 is 4.39 Å². The standard InChI is InChI=1S/C22H28FN3O5/c1-24-22(12-30-2)6-8-25(9-7-22)18-16(23)10-14-17(20(18)31-3)26(13-4-5-13)11-15(19(14)27)21(28)29/h10-11,13,24H,4-9,12H2,1-3H3,(H,28,29). The number of hydrogen-bond donors (Lipinski definition) is 2. The smallest absolute Gasteiger partial charge is 0.341 e. The number of methoxy groups -OCH3 is 2. The van der Waals surface area contributed by atoms with Gasteiger partial charge in [0.05, 0.1) is 24.6 Å². The molecule has 2 aliphatic rings. The predicted octanol–water partition coefficient (Wildman–Crippen LogP) is 2.39. The molecule has 8 nitrogen and oxygen atoms in total. The van der Waals surface area contributed by atoms with E-state index in [-0.39, 0.29) is 28.3 Å². The summed E-state index contributed by atoms with van der Waals surface area (Å²) in [5, 5.41) is 12.8. The van der Waals surface area contributed by atoms with Gasteiger partial charge in [-0.2, -0.15) is 0 Å². The molecule has 168 valence electrons. The highest BCUT2D eigenvalue weighted by atomic mass is 19.1.